The Morgan fingerprint density at radius 3 is 2.05 bits per heavy atom. The normalized spacial score (nSPS) is 14.9. The molecule has 11 N–H and O–H groups in total. The number of carbonyl (C=O) groups is 6. The Morgan fingerprint density at radius 2 is 1.54 bits per heavy atom. The quantitative estimate of drug-likeness (QED) is 0.106. The van der Waals surface area contributed by atoms with Crippen molar-refractivity contribution < 1.29 is 33.9 Å². The van der Waals surface area contributed by atoms with E-state index in [9.17, 15) is 33.9 Å². The maximum Gasteiger partial charge on any atom is 0.326 e. The fraction of sp³-hybridized carbons (Fsp3) is 0.591. The number of hydrogen-bond acceptors (Lipinski definition) is 8. The zero-order valence-corrected chi connectivity index (χ0v) is 20.9. The summed E-state index contributed by atoms with van der Waals surface area (Å²) >= 11 is 0. The van der Waals surface area contributed by atoms with Crippen molar-refractivity contribution in [3.63, 3.8) is 0 Å². The monoisotopic (exact) mass is 524 g/mol. The number of rotatable bonds is 17. The molecule has 5 atom stereocenters. The summed E-state index contributed by atoms with van der Waals surface area (Å²) < 4.78 is 0. The van der Waals surface area contributed by atoms with Crippen molar-refractivity contribution in [3.05, 3.63) is 18.2 Å². The van der Waals surface area contributed by atoms with Crippen LogP contribution < -0.4 is 33.2 Å². The molecule has 0 saturated heterocycles. The molecule has 1 aromatic rings. The smallest absolute Gasteiger partial charge is 0.326 e. The van der Waals surface area contributed by atoms with Gasteiger partial charge in [-0.25, -0.2) is 9.78 Å². The molecule has 0 bridgehead atoms. The minimum Gasteiger partial charge on any atom is -0.480 e. The van der Waals surface area contributed by atoms with Crippen LogP contribution in [0.5, 0.6) is 0 Å². The summed E-state index contributed by atoms with van der Waals surface area (Å²) in [5.74, 6) is -5.30. The van der Waals surface area contributed by atoms with Gasteiger partial charge in [0.25, 0.3) is 0 Å². The lowest BCUT2D eigenvalue weighted by atomic mass is 9.96. The molecule has 0 aliphatic rings. The SMILES string of the molecule is CCC(C)C(NC(=O)C(N)CCC(N)=O)C(=O)NC(Cc1cnc[nH]1)C(=O)NC(CCC(N)=O)C(=O)O. The number of amides is 5. The minimum atomic E-state index is -1.42. The summed E-state index contributed by atoms with van der Waals surface area (Å²) in [7, 11) is 0. The molecule has 0 fully saturated rings. The van der Waals surface area contributed by atoms with Crippen LogP contribution in [0, 0.1) is 5.92 Å². The molecule has 0 aromatic carbocycles. The summed E-state index contributed by atoms with van der Waals surface area (Å²) in [6.07, 6.45) is 2.58. The number of aliphatic carboxylic acids is 1. The van der Waals surface area contributed by atoms with Crippen molar-refractivity contribution in [2.75, 3.05) is 0 Å². The van der Waals surface area contributed by atoms with Gasteiger partial charge in [0, 0.05) is 31.2 Å². The van der Waals surface area contributed by atoms with Gasteiger partial charge in [-0.1, -0.05) is 20.3 Å². The highest BCUT2D eigenvalue weighted by Crippen LogP contribution is 2.11. The van der Waals surface area contributed by atoms with Crippen molar-refractivity contribution in [2.45, 2.75) is 76.5 Å². The first-order valence-electron chi connectivity index (χ1n) is 11.8. The Bertz CT molecular complexity index is 953. The van der Waals surface area contributed by atoms with Crippen molar-refractivity contribution in [1.82, 2.24) is 25.9 Å². The molecule has 5 unspecified atom stereocenters. The lowest BCUT2D eigenvalue weighted by Gasteiger charge is -2.28. The molecule has 37 heavy (non-hydrogen) atoms. The number of nitrogens with zero attached hydrogens (tertiary/aromatic N) is 1. The molecule has 5 amide bonds. The molecular weight excluding hydrogens is 488 g/mol. The van der Waals surface area contributed by atoms with Gasteiger partial charge in [-0.05, 0) is 18.8 Å². The molecular formula is C22H36N8O7. The molecule has 1 heterocycles. The summed E-state index contributed by atoms with van der Waals surface area (Å²) in [5.41, 5.74) is 16.5. The maximum atomic E-state index is 13.2. The summed E-state index contributed by atoms with van der Waals surface area (Å²) in [6, 6.07) is -4.85. The van der Waals surface area contributed by atoms with Crippen LogP contribution in [-0.2, 0) is 35.2 Å². The van der Waals surface area contributed by atoms with E-state index >= 15 is 0 Å². The molecule has 206 valence electrons. The number of imidazole rings is 1. The fourth-order valence-electron chi connectivity index (χ4n) is 3.29. The standard InChI is InChI=1S/C22H36N8O7/c1-3-11(2)18(30-19(33)13(23)4-6-16(24)31)21(35)29-15(8-12-9-26-10-27-12)20(34)28-14(22(36)37)5-7-17(25)32/h9-11,13-15,18H,3-8,23H2,1-2H3,(H2,24,31)(H2,25,32)(H,26,27)(H,28,34)(H,29,35)(H,30,33)(H,36,37). The summed E-state index contributed by atoms with van der Waals surface area (Å²) in [5, 5.41) is 16.9. The third-order valence-electron chi connectivity index (χ3n) is 5.74. The van der Waals surface area contributed by atoms with E-state index < -0.39 is 59.7 Å². The van der Waals surface area contributed by atoms with E-state index in [2.05, 4.69) is 25.9 Å². The Morgan fingerprint density at radius 1 is 0.946 bits per heavy atom. The molecule has 1 aromatic heterocycles. The summed E-state index contributed by atoms with van der Waals surface area (Å²) in [4.78, 5) is 79.1. The van der Waals surface area contributed by atoms with Crippen molar-refractivity contribution >= 4 is 35.5 Å². The van der Waals surface area contributed by atoms with Gasteiger partial charge in [-0.2, -0.15) is 0 Å². The predicted molar refractivity (Wildman–Crippen MR) is 130 cm³/mol. The molecule has 15 heteroatoms. The van der Waals surface area contributed by atoms with Crippen molar-refractivity contribution in [2.24, 2.45) is 23.1 Å². The van der Waals surface area contributed by atoms with E-state index in [-0.39, 0.29) is 38.0 Å². The molecule has 0 aliphatic heterocycles. The van der Waals surface area contributed by atoms with Crippen LogP contribution in [0.15, 0.2) is 12.5 Å². The molecule has 15 nitrogen and oxygen atoms in total. The van der Waals surface area contributed by atoms with Gasteiger partial charge in [0.1, 0.15) is 18.1 Å². The zero-order chi connectivity index (χ0) is 28.1. The number of hydrogen-bond donors (Lipinski definition) is 8. The second-order valence-corrected chi connectivity index (χ2v) is 8.73. The fourth-order valence-corrected chi connectivity index (χ4v) is 3.29. The van der Waals surface area contributed by atoms with Gasteiger partial charge in [0.2, 0.25) is 29.5 Å². The first-order chi connectivity index (χ1) is 17.3. The van der Waals surface area contributed by atoms with Crippen LogP contribution in [-0.4, -0.2) is 74.7 Å². The average Bonchev–Trinajstić information content (AvgIpc) is 3.34. The second-order valence-electron chi connectivity index (χ2n) is 8.73. The number of carbonyl (C=O) groups excluding carboxylic acids is 5. The topological polar surface area (TPSA) is 265 Å². The largest absolute Gasteiger partial charge is 0.480 e. The van der Waals surface area contributed by atoms with Gasteiger partial charge in [0.15, 0.2) is 0 Å². The van der Waals surface area contributed by atoms with Gasteiger partial charge in [-0.3, -0.25) is 24.0 Å². The number of primary amides is 2. The number of carboxylic acid groups (broad SMARTS) is 1. The first kappa shape index (κ1) is 31.0. The van der Waals surface area contributed by atoms with E-state index in [1.54, 1.807) is 13.8 Å². The Hall–Kier alpha value is -4.01. The molecule has 0 aliphatic carbocycles. The van der Waals surface area contributed by atoms with Gasteiger partial charge < -0.3 is 43.2 Å². The number of aromatic nitrogens is 2. The van der Waals surface area contributed by atoms with E-state index in [0.29, 0.717) is 12.1 Å². The van der Waals surface area contributed by atoms with E-state index in [4.69, 9.17) is 17.2 Å². The van der Waals surface area contributed by atoms with Crippen LogP contribution >= 0.6 is 0 Å². The highest BCUT2D eigenvalue weighted by molar-refractivity contribution is 5.94. The minimum absolute atomic E-state index is 0.0112. The Kier molecular flexibility index (Phi) is 12.7. The number of nitrogens with one attached hydrogen (secondary N) is 4. The number of carboxylic acids is 1. The number of aromatic amines is 1. The third-order valence-corrected chi connectivity index (χ3v) is 5.74. The second kappa shape index (κ2) is 15.2. The average molecular weight is 525 g/mol. The molecule has 1 rings (SSSR count). The van der Waals surface area contributed by atoms with Crippen LogP contribution in [0.25, 0.3) is 0 Å². The van der Waals surface area contributed by atoms with Gasteiger partial charge in [-0.15, -0.1) is 0 Å². The van der Waals surface area contributed by atoms with Crippen molar-refractivity contribution in [1.29, 1.82) is 0 Å². The Labute approximate surface area is 213 Å². The lowest BCUT2D eigenvalue weighted by Crippen LogP contribution is -2.59. The highest BCUT2D eigenvalue weighted by Gasteiger charge is 2.33. The van der Waals surface area contributed by atoms with Crippen LogP contribution in [0.2, 0.25) is 0 Å². The van der Waals surface area contributed by atoms with E-state index in [1.165, 1.54) is 12.5 Å². The first-order valence-corrected chi connectivity index (χ1v) is 11.8. The molecule has 0 spiro atoms. The number of H-pyrrole nitrogens is 1. The van der Waals surface area contributed by atoms with Crippen LogP contribution in [0.1, 0.15) is 51.6 Å². The summed E-state index contributed by atoms with van der Waals surface area (Å²) in [6.45, 7) is 3.52. The van der Waals surface area contributed by atoms with Gasteiger partial charge >= 0.3 is 5.97 Å². The number of nitrogens with two attached hydrogens (primary N) is 3. The maximum absolute atomic E-state index is 13.2. The highest BCUT2D eigenvalue weighted by atomic mass is 16.4. The van der Waals surface area contributed by atoms with Crippen LogP contribution in [0.4, 0.5) is 0 Å². The van der Waals surface area contributed by atoms with Crippen LogP contribution in [0.3, 0.4) is 0 Å². The predicted octanol–water partition coefficient (Wildman–Crippen LogP) is -2.60. The van der Waals surface area contributed by atoms with Gasteiger partial charge in [0.05, 0.1) is 12.4 Å². The van der Waals surface area contributed by atoms with Crippen molar-refractivity contribution in [3.8, 4) is 0 Å². The zero-order valence-electron chi connectivity index (χ0n) is 20.9. The van der Waals surface area contributed by atoms with E-state index in [0.717, 1.165) is 0 Å². The third kappa shape index (κ3) is 11.1. The Balaban J connectivity index is 3.07. The molecule has 0 radical (unpaired) electrons. The molecule has 0 saturated carbocycles. The van der Waals surface area contributed by atoms with E-state index in [1.807, 2.05) is 0 Å². The lowest BCUT2D eigenvalue weighted by molar-refractivity contribution is -0.142.